The monoisotopic (exact) mass is 386 g/mol. The van der Waals surface area contributed by atoms with Crippen molar-refractivity contribution in [1.29, 1.82) is 0 Å². The molecule has 1 aromatic carbocycles. The van der Waals surface area contributed by atoms with Gasteiger partial charge in [0.05, 0.1) is 7.11 Å². The summed E-state index contributed by atoms with van der Waals surface area (Å²) in [5.41, 5.74) is 1.19. The summed E-state index contributed by atoms with van der Waals surface area (Å²) in [5, 5.41) is 2.91. The lowest BCUT2D eigenvalue weighted by molar-refractivity contribution is 0.102. The van der Waals surface area contributed by atoms with Gasteiger partial charge in [-0.1, -0.05) is 13.8 Å². The van der Waals surface area contributed by atoms with Gasteiger partial charge in [-0.05, 0) is 37.4 Å². The van der Waals surface area contributed by atoms with Crippen molar-refractivity contribution in [3.05, 3.63) is 42.1 Å². The zero-order valence-electron chi connectivity index (χ0n) is 17.4. The summed E-state index contributed by atoms with van der Waals surface area (Å²) in [5.74, 6) is 1.76. The number of pyridine rings is 1. The summed E-state index contributed by atoms with van der Waals surface area (Å²) >= 11 is 0. The van der Waals surface area contributed by atoms with Gasteiger partial charge in [0.25, 0.3) is 5.91 Å². The summed E-state index contributed by atoms with van der Waals surface area (Å²) in [4.78, 5) is 21.0. The van der Waals surface area contributed by atoms with Gasteiger partial charge >= 0.3 is 0 Å². The van der Waals surface area contributed by atoms with Gasteiger partial charge in [0.15, 0.2) is 11.5 Å². The molecule has 0 bridgehead atoms. The predicted octanol–water partition coefficient (Wildman–Crippen LogP) is 3.13. The molecule has 28 heavy (non-hydrogen) atoms. The molecule has 1 amide bonds. The van der Waals surface area contributed by atoms with Crippen molar-refractivity contribution in [3.8, 4) is 11.5 Å². The number of rotatable bonds is 10. The number of amides is 1. The van der Waals surface area contributed by atoms with E-state index in [1.54, 1.807) is 43.6 Å². The Hall–Kier alpha value is -2.80. The van der Waals surface area contributed by atoms with E-state index in [0.717, 1.165) is 25.5 Å². The maximum atomic E-state index is 12.6. The second-order valence-electron chi connectivity index (χ2n) is 6.49. The minimum Gasteiger partial charge on any atom is -0.493 e. The quantitative estimate of drug-likeness (QED) is 0.677. The molecule has 1 heterocycles. The van der Waals surface area contributed by atoms with Crippen molar-refractivity contribution in [3.63, 3.8) is 0 Å². The fourth-order valence-electron chi connectivity index (χ4n) is 2.70. The van der Waals surface area contributed by atoms with E-state index < -0.39 is 0 Å². The van der Waals surface area contributed by atoms with Crippen LogP contribution in [-0.4, -0.2) is 63.2 Å². The van der Waals surface area contributed by atoms with Crippen molar-refractivity contribution in [2.45, 2.75) is 13.8 Å². The van der Waals surface area contributed by atoms with Crippen molar-refractivity contribution in [2.75, 3.05) is 57.7 Å². The van der Waals surface area contributed by atoms with Gasteiger partial charge in [-0.2, -0.15) is 0 Å². The predicted molar refractivity (Wildman–Crippen MR) is 113 cm³/mol. The third-order valence-electron chi connectivity index (χ3n) is 4.45. The summed E-state index contributed by atoms with van der Waals surface area (Å²) in [6.07, 6.45) is 1.63. The number of methoxy groups -OCH3 is 1. The van der Waals surface area contributed by atoms with Crippen LogP contribution in [-0.2, 0) is 0 Å². The minimum absolute atomic E-state index is 0.204. The van der Waals surface area contributed by atoms with E-state index in [9.17, 15) is 4.79 Å². The molecule has 1 N–H and O–H groups in total. The largest absolute Gasteiger partial charge is 0.493 e. The average molecular weight is 386 g/mol. The Kier molecular flexibility index (Phi) is 8.07. The van der Waals surface area contributed by atoms with Gasteiger partial charge in [-0.15, -0.1) is 0 Å². The normalized spacial score (nSPS) is 10.6. The number of nitrogens with one attached hydrogen (secondary N) is 1. The van der Waals surface area contributed by atoms with Gasteiger partial charge in [-0.3, -0.25) is 4.79 Å². The molecule has 0 spiro atoms. The first-order valence-electron chi connectivity index (χ1n) is 9.46. The second kappa shape index (κ2) is 10.5. The van der Waals surface area contributed by atoms with Gasteiger partial charge in [0.2, 0.25) is 0 Å². The van der Waals surface area contributed by atoms with Gasteiger partial charge in [0.1, 0.15) is 12.4 Å². The number of likely N-dealkylation sites (N-methyl/N-ethyl adjacent to an activating group) is 1. The Labute approximate surface area is 167 Å². The molecule has 7 nitrogen and oxygen atoms in total. The van der Waals surface area contributed by atoms with E-state index in [1.165, 1.54) is 0 Å². The molecule has 0 atom stereocenters. The number of ether oxygens (including phenoxy) is 2. The molecule has 0 saturated carbocycles. The van der Waals surface area contributed by atoms with Crippen LogP contribution in [0.15, 0.2) is 36.5 Å². The Balaban J connectivity index is 2.09. The average Bonchev–Trinajstić information content (AvgIpc) is 2.71. The molecule has 1 aromatic heterocycles. The molecule has 7 heteroatoms. The standard InChI is InChI=1S/C21H30N4O3/c1-6-25(7-2)12-13-28-19-15-17(8-9-18(19)27-5)23-21(26)16-10-11-22-20(14-16)24(3)4/h8-11,14-15H,6-7,12-13H2,1-5H3,(H,23,26). The molecule has 2 aromatic rings. The summed E-state index contributed by atoms with van der Waals surface area (Å²) in [7, 11) is 5.37. The number of hydrogen-bond donors (Lipinski definition) is 1. The number of aromatic nitrogens is 1. The maximum absolute atomic E-state index is 12.6. The molecule has 0 aliphatic rings. The third kappa shape index (κ3) is 5.85. The highest BCUT2D eigenvalue weighted by Crippen LogP contribution is 2.30. The number of nitrogens with zero attached hydrogens (tertiary/aromatic N) is 3. The Bertz CT molecular complexity index is 776. The smallest absolute Gasteiger partial charge is 0.255 e. The number of benzene rings is 1. The van der Waals surface area contributed by atoms with Crippen molar-refractivity contribution in [1.82, 2.24) is 9.88 Å². The molecule has 2 rings (SSSR count). The highest BCUT2D eigenvalue weighted by Gasteiger charge is 2.12. The van der Waals surface area contributed by atoms with E-state index in [2.05, 4.69) is 29.0 Å². The molecule has 0 unspecified atom stereocenters. The molecule has 0 radical (unpaired) electrons. The molecular weight excluding hydrogens is 356 g/mol. The first-order chi connectivity index (χ1) is 13.5. The van der Waals surface area contributed by atoms with Crippen molar-refractivity contribution in [2.24, 2.45) is 0 Å². The fourth-order valence-corrected chi connectivity index (χ4v) is 2.70. The van der Waals surface area contributed by atoms with Gasteiger partial charge in [-0.25, -0.2) is 4.98 Å². The summed E-state index contributed by atoms with van der Waals surface area (Å²) in [6.45, 7) is 7.59. The van der Waals surface area contributed by atoms with Gasteiger partial charge in [0, 0.05) is 44.2 Å². The SMILES string of the molecule is CCN(CC)CCOc1cc(NC(=O)c2ccnc(N(C)C)c2)ccc1OC. The lowest BCUT2D eigenvalue weighted by atomic mass is 10.2. The van der Waals surface area contributed by atoms with E-state index in [0.29, 0.717) is 29.4 Å². The van der Waals surface area contributed by atoms with Crippen molar-refractivity contribution >= 4 is 17.4 Å². The third-order valence-corrected chi connectivity index (χ3v) is 4.45. The van der Waals surface area contributed by atoms with Crippen LogP contribution in [0.25, 0.3) is 0 Å². The van der Waals surface area contributed by atoms with Crippen LogP contribution in [0.3, 0.4) is 0 Å². The lowest BCUT2D eigenvalue weighted by Crippen LogP contribution is -2.28. The lowest BCUT2D eigenvalue weighted by Gasteiger charge is -2.19. The topological polar surface area (TPSA) is 66.9 Å². The summed E-state index contributed by atoms with van der Waals surface area (Å²) < 4.78 is 11.3. The zero-order valence-corrected chi connectivity index (χ0v) is 17.4. The highest BCUT2D eigenvalue weighted by molar-refractivity contribution is 6.04. The first-order valence-corrected chi connectivity index (χ1v) is 9.46. The molecule has 0 aliphatic carbocycles. The molecule has 0 fully saturated rings. The van der Waals surface area contributed by atoms with E-state index >= 15 is 0 Å². The van der Waals surface area contributed by atoms with E-state index in [4.69, 9.17) is 9.47 Å². The molecule has 152 valence electrons. The van der Waals surface area contributed by atoms with Crippen molar-refractivity contribution < 1.29 is 14.3 Å². The van der Waals surface area contributed by atoms with Crippen LogP contribution in [0.1, 0.15) is 24.2 Å². The Morgan fingerprint density at radius 3 is 2.50 bits per heavy atom. The van der Waals surface area contributed by atoms with E-state index in [-0.39, 0.29) is 5.91 Å². The molecule has 0 saturated heterocycles. The van der Waals surface area contributed by atoms with Crippen LogP contribution >= 0.6 is 0 Å². The number of anilines is 2. The second-order valence-corrected chi connectivity index (χ2v) is 6.49. The highest BCUT2D eigenvalue weighted by atomic mass is 16.5. The van der Waals surface area contributed by atoms with E-state index in [1.807, 2.05) is 19.0 Å². The van der Waals surface area contributed by atoms with Crippen LogP contribution in [0, 0.1) is 0 Å². The minimum atomic E-state index is -0.204. The number of carbonyl (C=O) groups excluding carboxylic acids is 1. The van der Waals surface area contributed by atoms with Crippen LogP contribution in [0.5, 0.6) is 11.5 Å². The number of carbonyl (C=O) groups is 1. The Morgan fingerprint density at radius 2 is 1.86 bits per heavy atom. The first kappa shape index (κ1) is 21.5. The zero-order chi connectivity index (χ0) is 20.5. The van der Waals surface area contributed by atoms with Crippen LogP contribution < -0.4 is 19.7 Å². The Morgan fingerprint density at radius 1 is 1.11 bits per heavy atom. The van der Waals surface area contributed by atoms with Crippen LogP contribution in [0.2, 0.25) is 0 Å². The fraction of sp³-hybridized carbons (Fsp3) is 0.429. The van der Waals surface area contributed by atoms with Gasteiger partial charge < -0.3 is 24.6 Å². The molecular formula is C21H30N4O3. The summed E-state index contributed by atoms with van der Waals surface area (Å²) in [6, 6.07) is 8.81. The maximum Gasteiger partial charge on any atom is 0.255 e. The van der Waals surface area contributed by atoms with Crippen LogP contribution in [0.4, 0.5) is 11.5 Å². The number of hydrogen-bond acceptors (Lipinski definition) is 6. The molecule has 0 aliphatic heterocycles.